The molecule has 1 aliphatic rings. The van der Waals surface area contributed by atoms with E-state index in [0.717, 1.165) is 4.70 Å². The molecule has 164 valence electrons. The number of thiazole rings is 1. The van der Waals surface area contributed by atoms with Crippen LogP contribution in [0, 0.1) is 0 Å². The molecular formula is C24H17N3O5S. The molecule has 0 bridgehead atoms. The molecule has 3 heterocycles. The van der Waals surface area contributed by atoms with E-state index in [1.54, 1.807) is 49.6 Å². The van der Waals surface area contributed by atoms with Crippen LogP contribution in [0.3, 0.4) is 0 Å². The van der Waals surface area contributed by atoms with Crippen molar-refractivity contribution in [2.45, 2.75) is 6.04 Å². The summed E-state index contributed by atoms with van der Waals surface area (Å²) < 4.78 is 6.05. The number of carbonyl (C=O) groups is 2. The molecule has 1 unspecified atom stereocenters. The number of anilines is 1. The molecule has 1 aliphatic heterocycles. The molecule has 1 saturated heterocycles. The lowest BCUT2D eigenvalue weighted by molar-refractivity contribution is -0.132. The van der Waals surface area contributed by atoms with Crippen LogP contribution in [0.1, 0.15) is 17.2 Å². The molecule has 2 aromatic carbocycles. The molecule has 5 rings (SSSR count). The minimum absolute atomic E-state index is 0.0388. The number of hydrogen-bond acceptors (Lipinski definition) is 8. The highest BCUT2D eigenvalue weighted by atomic mass is 32.1. The molecule has 9 heteroatoms. The van der Waals surface area contributed by atoms with E-state index in [4.69, 9.17) is 4.74 Å². The number of ether oxygens (including phenoxy) is 1. The number of ketones is 1. The average Bonchev–Trinajstić information content (AvgIpc) is 3.37. The van der Waals surface area contributed by atoms with Gasteiger partial charge in [0.2, 0.25) is 0 Å². The molecular weight excluding hydrogens is 442 g/mol. The molecule has 8 nitrogen and oxygen atoms in total. The number of methoxy groups -OCH3 is 1. The summed E-state index contributed by atoms with van der Waals surface area (Å²) in [4.78, 5) is 36.2. The molecule has 1 atom stereocenters. The highest BCUT2D eigenvalue weighted by Crippen LogP contribution is 2.44. The summed E-state index contributed by atoms with van der Waals surface area (Å²) in [6, 6.07) is 13.7. The van der Waals surface area contributed by atoms with Crippen LogP contribution in [0.5, 0.6) is 11.5 Å². The van der Waals surface area contributed by atoms with Gasteiger partial charge in [0, 0.05) is 18.0 Å². The van der Waals surface area contributed by atoms with E-state index in [2.05, 4.69) is 9.97 Å². The van der Waals surface area contributed by atoms with Crippen molar-refractivity contribution in [3.8, 4) is 11.5 Å². The number of rotatable bonds is 4. The quantitative estimate of drug-likeness (QED) is 0.269. The molecule has 0 radical (unpaired) electrons. The maximum Gasteiger partial charge on any atom is 0.301 e. The number of phenolic OH excluding ortho intramolecular Hbond substituents is 1. The number of aromatic nitrogens is 2. The van der Waals surface area contributed by atoms with Gasteiger partial charge >= 0.3 is 5.91 Å². The van der Waals surface area contributed by atoms with E-state index in [0.29, 0.717) is 27.5 Å². The number of pyridine rings is 1. The van der Waals surface area contributed by atoms with Crippen molar-refractivity contribution in [3.05, 3.63) is 83.7 Å². The maximum atomic E-state index is 13.2. The van der Waals surface area contributed by atoms with Gasteiger partial charge in [-0.1, -0.05) is 23.5 Å². The monoisotopic (exact) mass is 459 g/mol. The fourth-order valence-corrected chi connectivity index (χ4v) is 4.81. The Morgan fingerprint density at radius 3 is 2.48 bits per heavy atom. The fraction of sp³-hybridized carbons (Fsp3) is 0.0833. The highest BCUT2D eigenvalue weighted by molar-refractivity contribution is 7.22. The Morgan fingerprint density at radius 1 is 1.06 bits per heavy atom. The second kappa shape index (κ2) is 8.03. The Hall–Kier alpha value is -4.24. The summed E-state index contributed by atoms with van der Waals surface area (Å²) in [6.07, 6.45) is 2.98. The third-order valence-electron chi connectivity index (χ3n) is 5.40. The lowest BCUT2D eigenvalue weighted by atomic mass is 9.95. The first-order chi connectivity index (χ1) is 16.0. The number of fused-ring (bicyclic) bond motifs is 1. The van der Waals surface area contributed by atoms with Crippen LogP contribution in [0.2, 0.25) is 0 Å². The van der Waals surface area contributed by atoms with Crippen LogP contribution in [0.15, 0.2) is 72.6 Å². The number of carbonyl (C=O) groups excluding carboxylic acids is 2. The number of phenols is 1. The number of benzene rings is 2. The smallest absolute Gasteiger partial charge is 0.301 e. The molecule has 33 heavy (non-hydrogen) atoms. The first kappa shape index (κ1) is 20.7. The van der Waals surface area contributed by atoms with Crippen molar-refractivity contribution in [1.82, 2.24) is 9.97 Å². The van der Waals surface area contributed by atoms with Crippen LogP contribution in [0.4, 0.5) is 5.13 Å². The molecule has 0 aliphatic carbocycles. The van der Waals surface area contributed by atoms with Gasteiger partial charge in [-0.05, 0) is 48.0 Å². The minimum atomic E-state index is -0.929. The van der Waals surface area contributed by atoms with Gasteiger partial charge in [0.05, 0.1) is 28.9 Å². The molecule has 0 saturated carbocycles. The van der Waals surface area contributed by atoms with Crippen LogP contribution in [-0.2, 0) is 9.59 Å². The Labute approximate surface area is 192 Å². The predicted octanol–water partition coefficient (Wildman–Crippen LogP) is 4.03. The van der Waals surface area contributed by atoms with Crippen molar-refractivity contribution in [2.75, 3.05) is 12.0 Å². The van der Waals surface area contributed by atoms with Crippen molar-refractivity contribution < 1.29 is 24.5 Å². The van der Waals surface area contributed by atoms with Crippen molar-refractivity contribution in [2.24, 2.45) is 0 Å². The van der Waals surface area contributed by atoms with Gasteiger partial charge in [-0.15, -0.1) is 0 Å². The van der Waals surface area contributed by atoms with Gasteiger partial charge < -0.3 is 14.9 Å². The van der Waals surface area contributed by atoms with Gasteiger partial charge in [-0.3, -0.25) is 19.5 Å². The molecule has 2 aromatic heterocycles. The van der Waals surface area contributed by atoms with E-state index in [-0.39, 0.29) is 17.1 Å². The summed E-state index contributed by atoms with van der Waals surface area (Å²) in [6.45, 7) is 0. The predicted molar refractivity (Wildman–Crippen MR) is 123 cm³/mol. The lowest BCUT2D eigenvalue weighted by Crippen LogP contribution is -2.29. The topological polar surface area (TPSA) is 113 Å². The summed E-state index contributed by atoms with van der Waals surface area (Å²) in [5.41, 5.74) is 1.49. The number of amides is 1. The van der Waals surface area contributed by atoms with Crippen LogP contribution < -0.4 is 9.64 Å². The SMILES string of the molecule is COc1ccc2nc(N3C(=O)C(=O)C(=C(O)c4ccncc4)C3c3ccc(O)cc3)sc2c1. The number of aromatic hydroxyl groups is 1. The van der Waals surface area contributed by atoms with Gasteiger partial charge in [0.1, 0.15) is 17.3 Å². The average molecular weight is 459 g/mol. The van der Waals surface area contributed by atoms with Crippen LogP contribution in [0.25, 0.3) is 16.0 Å². The molecule has 1 fully saturated rings. The molecule has 2 N–H and O–H groups in total. The van der Waals surface area contributed by atoms with Crippen molar-refractivity contribution in [1.29, 1.82) is 0 Å². The maximum absolute atomic E-state index is 13.2. The largest absolute Gasteiger partial charge is 0.508 e. The number of aliphatic hydroxyl groups excluding tert-OH is 1. The number of aliphatic hydroxyl groups is 1. The first-order valence-electron chi connectivity index (χ1n) is 9.93. The fourth-order valence-electron chi connectivity index (χ4n) is 3.79. The summed E-state index contributed by atoms with van der Waals surface area (Å²) in [7, 11) is 1.56. The van der Waals surface area contributed by atoms with Gasteiger partial charge in [0.15, 0.2) is 5.13 Å². The number of hydrogen-bond donors (Lipinski definition) is 2. The second-order valence-corrected chi connectivity index (χ2v) is 8.34. The highest BCUT2D eigenvalue weighted by Gasteiger charge is 2.48. The van der Waals surface area contributed by atoms with Crippen molar-refractivity contribution >= 4 is 44.1 Å². The summed E-state index contributed by atoms with van der Waals surface area (Å²) in [5.74, 6) is -1.24. The first-order valence-corrected chi connectivity index (χ1v) is 10.7. The third kappa shape index (κ3) is 3.48. The normalized spacial score (nSPS) is 17.6. The zero-order chi connectivity index (χ0) is 23.1. The summed E-state index contributed by atoms with van der Waals surface area (Å²) in [5, 5.41) is 21.1. The van der Waals surface area contributed by atoms with Gasteiger partial charge in [0.25, 0.3) is 5.78 Å². The Morgan fingerprint density at radius 2 is 1.79 bits per heavy atom. The molecule has 1 amide bonds. The second-order valence-electron chi connectivity index (χ2n) is 7.33. The van der Waals surface area contributed by atoms with E-state index >= 15 is 0 Å². The zero-order valence-corrected chi connectivity index (χ0v) is 18.1. The minimum Gasteiger partial charge on any atom is -0.508 e. The third-order valence-corrected chi connectivity index (χ3v) is 6.41. The standard InChI is InChI=1S/C24H17N3O5S/c1-32-16-6-7-17-18(12-16)33-24(26-17)27-20(13-2-4-15(28)5-3-13)19(22(30)23(27)31)21(29)14-8-10-25-11-9-14/h2-12,20,28-29H,1H3. The Bertz CT molecular complexity index is 1410. The summed E-state index contributed by atoms with van der Waals surface area (Å²) >= 11 is 1.24. The van der Waals surface area contributed by atoms with Crippen molar-refractivity contribution in [3.63, 3.8) is 0 Å². The Kier molecular flexibility index (Phi) is 5.02. The van der Waals surface area contributed by atoms with Gasteiger partial charge in [-0.25, -0.2) is 4.98 Å². The Balaban J connectivity index is 1.72. The zero-order valence-electron chi connectivity index (χ0n) is 17.3. The molecule has 4 aromatic rings. The molecule has 0 spiro atoms. The van der Waals surface area contributed by atoms with Crippen LogP contribution in [-0.4, -0.2) is 39.0 Å². The van der Waals surface area contributed by atoms with E-state index in [9.17, 15) is 19.8 Å². The van der Waals surface area contributed by atoms with Gasteiger partial charge in [-0.2, -0.15) is 0 Å². The van der Waals surface area contributed by atoms with E-state index < -0.39 is 17.7 Å². The number of nitrogens with zero attached hydrogens (tertiary/aromatic N) is 3. The van der Waals surface area contributed by atoms with E-state index in [1.165, 1.54) is 40.8 Å². The van der Waals surface area contributed by atoms with Crippen LogP contribution >= 0.6 is 11.3 Å². The van der Waals surface area contributed by atoms with E-state index in [1.807, 2.05) is 0 Å². The lowest BCUT2D eigenvalue weighted by Gasteiger charge is -2.23. The number of Topliss-reactive ketones (excluding diaryl/α,β-unsaturated/α-hetero) is 1.